The Bertz CT molecular complexity index is 319. The minimum absolute atomic E-state index is 0.00658. The number of rotatable bonds is 2. The standard InChI is InChI=1S/C17H30O3/c1-2-14-5-3-4-7-17(14,18)15-6-10-20-16(13-15)8-11-19-12-9-16/h14-15,18H,2-13H2,1H3. The molecule has 1 aliphatic carbocycles. The lowest BCUT2D eigenvalue weighted by Crippen LogP contribution is -2.54. The van der Waals surface area contributed by atoms with Gasteiger partial charge in [-0.1, -0.05) is 26.2 Å². The number of aliphatic hydroxyl groups is 1. The van der Waals surface area contributed by atoms with Crippen molar-refractivity contribution in [3.63, 3.8) is 0 Å². The summed E-state index contributed by atoms with van der Waals surface area (Å²) < 4.78 is 11.7. The summed E-state index contributed by atoms with van der Waals surface area (Å²) >= 11 is 0. The Labute approximate surface area is 123 Å². The van der Waals surface area contributed by atoms with Crippen molar-refractivity contribution in [1.82, 2.24) is 0 Å². The highest BCUT2D eigenvalue weighted by Gasteiger charge is 2.49. The fourth-order valence-electron chi connectivity index (χ4n) is 4.89. The zero-order valence-corrected chi connectivity index (χ0v) is 12.9. The average Bonchev–Trinajstić information content (AvgIpc) is 2.48. The van der Waals surface area contributed by atoms with E-state index in [0.29, 0.717) is 11.8 Å². The molecule has 1 spiro atoms. The maximum atomic E-state index is 11.4. The maximum absolute atomic E-state index is 11.4. The van der Waals surface area contributed by atoms with Crippen LogP contribution >= 0.6 is 0 Å². The molecule has 116 valence electrons. The van der Waals surface area contributed by atoms with E-state index >= 15 is 0 Å². The molecule has 2 aliphatic heterocycles. The molecule has 0 aromatic rings. The highest BCUT2D eigenvalue weighted by molar-refractivity contribution is 5.00. The minimum Gasteiger partial charge on any atom is -0.389 e. The highest BCUT2D eigenvalue weighted by Crippen LogP contribution is 2.48. The Hall–Kier alpha value is -0.120. The van der Waals surface area contributed by atoms with E-state index in [-0.39, 0.29) is 5.60 Å². The molecule has 3 nitrogen and oxygen atoms in total. The molecule has 0 radical (unpaired) electrons. The first-order valence-corrected chi connectivity index (χ1v) is 8.63. The molecule has 0 amide bonds. The van der Waals surface area contributed by atoms with Crippen molar-refractivity contribution in [2.45, 2.75) is 75.9 Å². The van der Waals surface area contributed by atoms with Crippen LogP contribution in [0.3, 0.4) is 0 Å². The third-order valence-electron chi connectivity index (χ3n) is 6.18. The number of hydrogen-bond acceptors (Lipinski definition) is 3. The lowest BCUT2D eigenvalue weighted by molar-refractivity contribution is -0.192. The molecular weight excluding hydrogens is 252 g/mol. The number of ether oxygens (including phenoxy) is 2. The van der Waals surface area contributed by atoms with Gasteiger partial charge in [-0.2, -0.15) is 0 Å². The third-order valence-corrected chi connectivity index (χ3v) is 6.18. The Kier molecular flexibility index (Phi) is 4.40. The van der Waals surface area contributed by atoms with Gasteiger partial charge in [0.25, 0.3) is 0 Å². The Morgan fingerprint density at radius 1 is 1.05 bits per heavy atom. The van der Waals surface area contributed by atoms with Gasteiger partial charge in [-0.3, -0.25) is 0 Å². The van der Waals surface area contributed by atoms with E-state index in [1.807, 2.05) is 0 Å². The molecule has 3 atom stereocenters. The van der Waals surface area contributed by atoms with Gasteiger partial charge in [-0.05, 0) is 50.4 Å². The Balaban J connectivity index is 1.74. The van der Waals surface area contributed by atoms with Crippen LogP contribution in [0.4, 0.5) is 0 Å². The zero-order chi connectivity index (χ0) is 14.1. The van der Waals surface area contributed by atoms with E-state index in [1.165, 1.54) is 19.3 Å². The summed E-state index contributed by atoms with van der Waals surface area (Å²) in [5.74, 6) is 0.927. The first kappa shape index (κ1) is 14.8. The topological polar surface area (TPSA) is 38.7 Å². The zero-order valence-electron chi connectivity index (χ0n) is 12.9. The summed E-state index contributed by atoms with van der Waals surface area (Å²) in [6.07, 6.45) is 9.92. The quantitative estimate of drug-likeness (QED) is 0.844. The summed E-state index contributed by atoms with van der Waals surface area (Å²) in [5.41, 5.74) is -0.422. The van der Waals surface area contributed by atoms with Crippen molar-refractivity contribution >= 4 is 0 Å². The summed E-state index contributed by atoms with van der Waals surface area (Å²) in [6, 6.07) is 0. The first-order chi connectivity index (χ1) is 9.69. The lowest BCUT2D eigenvalue weighted by Gasteiger charge is -2.51. The van der Waals surface area contributed by atoms with E-state index in [2.05, 4.69) is 6.92 Å². The van der Waals surface area contributed by atoms with E-state index in [0.717, 1.165) is 58.3 Å². The molecule has 3 unspecified atom stereocenters. The van der Waals surface area contributed by atoms with Gasteiger partial charge >= 0.3 is 0 Å². The maximum Gasteiger partial charge on any atom is 0.0730 e. The fraction of sp³-hybridized carbons (Fsp3) is 1.00. The monoisotopic (exact) mass is 282 g/mol. The van der Waals surface area contributed by atoms with Gasteiger partial charge < -0.3 is 14.6 Å². The van der Waals surface area contributed by atoms with Crippen LogP contribution in [0.15, 0.2) is 0 Å². The summed E-state index contributed by atoms with van der Waals surface area (Å²) in [7, 11) is 0. The second-order valence-electron chi connectivity index (χ2n) is 7.18. The molecule has 2 saturated heterocycles. The second-order valence-corrected chi connectivity index (χ2v) is 7.18. The Morgan fingerprint density at radius 3 is 2.60 bits per heavy atom. The van der Waals surface area contributed by atoms with Crippen LogP contribution in [0.5, 0.6) is 0 Å². The average molecular weight is 282 g/mol. The molecule has 3 heteroatoms. The van der Waals surface area contributed by atoms with Gasteiger partial charge in [0.2, 0.25) is 0 Å². The normalized spacial score (nSPS) is 41.7. The van der Waals surface area contributed by atoms with Crippen molar-refractivity contribution < 1.29 is 14.6 Å². The molecule has 3 rings (SSSR count). The van der Waals surface area contributed by atoms with Gasteiger partial charge in [0.05, 0.1) is 11.2 Å². The van der Waals surface area contributed by atoms with E-state index < -0.39 is 5.60 Å². The van der Waals surface area contributed by atoms with Gasteiger partial charge in [0.1, 0.15) is 0 Å². The summed E-state index contributed by atoms with van der Waals surface area (Å²) in [5, 5.41) is 11.4. The van der Waals surface area contributed by atoms with E-state index in [9.17, 15) is 5.11 Å². The minimum atomic E-state index is -0.428. The van der Waals surface area contributed by atoms with Gasteiger partial charge in [0.15, 0.2) is 0 Å². The molecule has 20 heavy (non-hydrogen) atoms. The lowest BCUT2D eigenvalue weighted by atomic mass is 9.63. The molecular formula is C17H30O3. The van der Waals surface area contributed by atoms with Crippen molar-refractivity contribution in [1.29, 1.82) is 0 Å². The van der Waals surface area contributed by atoms with Crippen molar-refractivity contribution in [3.8, 4) is 0 Å². The van der Waals surface area contributed by atoms with Crippen LogP contribution in [0, 0.1) is 11.8 Å². The summed E-state index contributed by atoms with van der Waals surface area (Å²) in [4.78, 5) is 0. The highest BCUT2D eigenvalue weighted by atomic mass is 16.5. The fourth-order valence-corrected chi connectivity index (χ4v) is 4.89. The van der Waals surface area contributed by atoms with Crippen LogP contribution in [-0.4, -0.2) is 36.1 Å². The van der Waals surface area contributed by atoms with Crippen LogP contribution in [0.2, 0.25) is 0 Å². The molecule has 3 fully saturated rings. The van der Waals surface area contributed by atoms with E-state index in [4.69, 9.17) is 9.47 Å². The molecule has 0 aromatic carbocycles. The van der Waals surface area contributed by atoms with Gasteiger partial charge in [-0.25, -0.2) is 0 Å². The van der Waals surface area contributed by atoms with Crippen LogP contribution in [0.1, 0.15) is 64.7 Å². The molecule has 3 aliphatic rings. The van der Waals surface area contributed by atoms with Gasteiger partial charge in [0, 0.05) is 19.8 Å². The van der Waals surface area contributed by atoms with Crippen molar-refractivity contribution in [2.24, 2.45) is 11.8 Å². The number of hydrogen-bond donors (Lipinski definition) is 1. The smallest absolute Gasteiger partial charge is 0.0730 e. The third kappa shape index (κ3) is 2.65. The molecule has 0 bridgehead atoms. The molecule has 1 saturated carbocycles. The van der Waals surface area contributed by atoms with Crippen LogP contribution in [0.25, 0.3) is 0 Å². The molecule has 1 N–H and O–H groups in total. The molecule has 0 aromatic heterocycles. The Morgan fingerprint density at radius 2 is 1.85 bits per heavy atom. The SMILES string of the molecule is CCC1CCCCC1(O)C1CCOC2(CCOCC2)C1. The summed E-state index contributed by atoms with van der Waals surface area (Å²) in [6.45, 7) is 4.71. The second kappa shape index (κ2) is 5.94. The van der Waals surface area contributed by atoms with E-state index in [1.54, 1.807) is 0 Å². The van der Waals surface area contributed by atoms with Crippen molar-refractivity contribution in [2.75, 3.05) is 19.8 Å². The molecule has 2 heterocycles. The van der Waals surface area contributed by atoms with Crippen LogP contribution < -0.4 is 0 Å². The predicted molar refractivity (Wildman–Crippen MR) is 78.7 cm³/mol. The predicted octanol–water partition coefficient (Wildman–Crippen LogP) is 3.29. The van der Waals surface area contributed by atoms with Gasteiger partial charge in [-0.15, -0.1) is 0 Å². The van der Waals surface area contributed by atoms with Crippen LogP contribution in [-0.2, 0) is 9.47 Å². The van der Waals surface area contributed by atoms with Crippen molar-refractivity contribution in [3.05, 3.63) is 0 Å². The first-order valence-electron chi connectivity index (χ1n) is 8.63. The largest absolute Gasteiger partial charge is 0.389 e.